The largest absolute Gasteiger partial charge is 0.379 e. The van der Waals surface area contributed by atoms with E-state index >= 15 is 0 Å². The van der Waals surface area contributed by atoms with Crippen molar-refractivity contribution in [1.29, 1.82) is 0 Å². The highest BCUT2D eigenvalue weighted by atomic mass is 16.5. The Morgan fingerprint density at radius 1 is 1.14 bits per heavy atom. The molecule has 0 aromatic rings. The van der Waals surface area contributed by atoms with Crippen molar-refractivity contribution in [1.82, 2.24) is 20.0 Å². The van der Waals surface area contributed by atoms with E-state index in [1.165, 1.54) is 0 Å². The van der Waals surface area contributed by atoms with Gasteiger partial charge in [0.1, 0.15) is 0 Å². The topological polar surface area (TPSA) is 48.1 Å². The van der Waals surface area contributed by atoms with Crippen LogP contribution in [0.25, 0.3) is 0 Å². The van der Waals surface area contributed by atoms with Crippen LogP contribution in [0.1, 0.15) is 26.7 Å². The molecule has 2 aliphatic heterocycles. The van der Waals surface area contributed by atoms with E-state index in [1.807, 2.05) is 18.7 Å². The fraction of sp³-hybridized carbons (Fsp3) is 0.938. The summed E-state index contributed by atoms with van der Waals surface area (Å²) in [6.07, 6.45) is 2.23. The molecule has 0 aromatic heterocycles. The van der Waals surface area contributed by atoms with Crippen molar-refractivity contribution >= 4 is 6.03 Å². The molecular weight excluding hydrogens is 280 g/mol. The second-order valence-corrected chi connectivity index (χ2v) is 6.46. The second kappa shape index (κ2) is 8.13. The van der Waals surface area contributed by atoms with Crippen LogP contribution >= 0.6 is 0 Å². The number of morpholine rings is 1. The average molecular weight is 312 g/mol. The highest BCUT2D eigenvalue weighted by molar-refractivity contribution is 5.74. The van der Waals surface area contributed by atoms with Gasteiger partial charge in [-0.1, -0.05) is 0 Å². The number of amides is 2. The summed E-state index contributed by atoms with van der Waals surface area (Å²) in [5.74, 6) is 0. The number of carbonyl (C=O) groups excluding carboxylic acids is 1. The van der Waals surface area contributed by atoms with Gasteiger partial charge in [0.15, 0.2) is 0 Å². The van der Waals surface area contributed by atoms with Crippen molar-refractivity contribution < 1.29 is 9.53 Å². The second-order valence-electron chi connectivity index (χ2n) is 6.46. The number of nitrogens with one attached hydrogen (secondary N) is 1. The molecule has 1 N–H and O–H groups in total. The molecule has 6 heteroatoms. The fourth-order valence-electron chi connectivity index (χ4n) is 3.54. The lowest BCUT2D eigenvalue weighted by atomic mass is 9.85. The first kappa shape index (κ1) is 17.5. The summed E-state index contributed by atoms with van der Waals surface area (Å²) < 4.78 is 5.51. The molecule has 2 heterocycles. The molecule has 22 heavy (non-hydrogen) atoms. The molecule has 2 amide bonds. The fourth-order valence-corrected chi connectivity index (χ4v) is 3.54. The summed E-state index contributed by atoms with van der Waals surface area (Å²) in [7, 11) is 2.18. The number of ether oxygens (including phenoxy) is 1. The molecule has 2 fully saturated rings. The van der Waals surface area contributed by atoms with Gasteiger partial charge in [-0.2, -0.15) is 0 Å². The minimum atomic E-state index is 0.0663. The molecule has 0 atom stereocenters. The van der Waals surface area contributed by atoms with Crippen LogP contribution in [0, 0.1) is 0 Å². The number of rotatable bonds is 5. The van der Waals surface area contributed by atoms with Gasteiger partial charge in [0.25, 0.3) is 0 Å². The Hall–Kier alpha value is -0.850. The monoisotopic (exact) mass is 312 g/mol. The van der Waals surface area contributed by atoms with E-state index in [0.717, 1.165) is 71.9 Å². The number of hydrogen-bond acceptors (Lipinski definition) is 4. The van der Waals surface area contributed by atoms with Gasteiger partial charge in [0, 0.05) is 38.3 Å². The van der Waals surface area contributed by atoms with Crippen molar-refractivity contribution in [2.75, 3.05) is 66.1 Å². The maximum Gasteiger partial charge on any atom is 0.317 e. The van der Waals surface area contributed by atoms with Crippen molar-refractivity contribution in [2.45, 2.75) is 32.2 Å². The van der Waals surface area contributed by atoms with Gasteiger partial charge in [0.2, 0.25) is 0 Å². The summed E-state index contributed by atoms with van der Waals surface area (Å²) >= 11 is 0. The Balaban J connectivity index is 2.00. The van der Waals surface area contributed by atoms with E-state index in [4.69, 9.17) is 4.74 Å². The van der Waals surface area contributed by atoms with Crippen LogP contribution in [-0.2, 0) is 4.74 Å². The molecular formula is C16H32N4O2. The van der Waals surface area contributed by atoms with Crippen LogP contribution in [0.2, 0.25) is 0 Å². The number of hydrogen-bond donors (Lipinski definition) is 1. The SMILES string of the molecule is CCN(CC)C(=O)NCC1(N2CCOCC2)CCN(C)CC1. The number of piperidine rings is 1. The van der Waals surface area contributed by atoms with Crippen LogP contribution in [0.15, 0.2) is 0 Å². The first-order chi connectivity index (χ1) is 10.6. The van der Waals surface area contributed by atoms with Gasteiger partial charge in [0.05, 0.1) is 13.2 Å². The number of carbonyl (C=O) groups is 1. The van der Waals surface area contributed by atoms with Gasteiger partial charge in [-0.15, -0.1) is 0 Å². The van der Waals surface area contributed by atoms with Crippen LogP contribution in [0.4, 0.5) is 4.79 Å². The molecule has 0 spiro atoms. The van der Waals surface area contributed by atoms with Crippen molar-refractivity contribution in [3.63, 3.8) is 0 Å². The molecule has 128 valence electrons. The Kier molecular flexibility index (Phi) is 6.47. The third-order valence-corrected chi connectivity index (χ3v) is 5.22. The summed E-state index contributed by atoms with van der Waals surface area (Å²) in [5.41, 5.74) is 0.0963. The molecule has 0 bridgehead atoms. The zero-order chi connectivity index (χ0) is 16.0. The van der Waals surface area contributed by atoms with Crippen molar-refractivity contribution in [3.8, 4) is 0 Å². The molecule has 2 rings (SSSR count). The van der Waals surface area contributed by atoms with E-state index in [1.54, 1.807) is 0 Å². The molecule has 2 saturated heterocycles. The van der Waals surface area contributed by atoms with Gasteiger partial charge in [-0.25, -0.2) is 4.79 Å². The first-order valence-electron chi connectivity index (χ1n) is 8.65. The third kappa shape index (κ3) is 4.12. The molecule has 0 radical (unpaired) electrons. The Labute approximate surface area is 134 Å². The maximum atomic E-state index is 12.3. The Morgan fingerprint density at radius 2 is 1.73 bits per heavy atom. The molecule has 2 aliphatic rings. The highest BCUT2D eigenvalue weighted by Gasteiger charge is 2.40. The molecule has 6 nitrogen and oxygen atoms in total. The highest BCUT2D eigenvalue weighted by Crippen LogP contribution is 2.29. The van der Waals surface area contributed by atoms with Crippen LogP contribution in [0.5, 0.6) is 0 Å². The molecule has 0 aromatic carbocycles. The lowest BCUT2D eigenvalue weighted by molar-refractivity contribution is -0.0438. The van der Waals surface area contributed by atoms with Gasteiger partial charge in [-0.05, 0) is 46.8 Å². The average Bonchev–Trinajstić information content (AvgIpc) is 2.57. The van der Waals surface area contributed by atoms with E-state index in [2.05, 4.69) is 22.2 Å². The maximum absolute atomic E-state index is 12.3. The Morgan fingerprint density at radius 3 is 2.27 bits per heavy atom. The summed E-state index contributed by atoms with van der Waals surface area (Å²) in [5, 5.41) is 3.19. The zero-order valence-corrected chi connectivity index (χ0v) is 14.4. The van der Waals surface area contributed by atoms with E-state index in [-0.39, 0.29) is 11.6 Å². The normalized spacial score (nSPS) is 23.2. The smallest absolute Gasteiger partial charge is 0.317 e. The lowest BCUT2D eigenvalue weighted by Gasteiger charge is -2.49. The predicted octanol–water partition coefficient (Wildman–Crippen LogP) is 0.834. The van der Waals surface area contributed by atoms with Gasteiger partial charge >= 0.3 is 6.03 Å². The number of urea groups is 1. The van der Waals surface area contributed by atoms with Gasteiger partial charge in [-0.3, -0.25) is 4.90 Å². The van der Waals surface area contributed by atoms with Crippen molar-refractivity contribution in [2.24, 2.45) is 0 Å². The summed E-state index contributed by atoms with van der Waals surface area (Å²) in [6, 6.07) is 0.0663. The molecule has 0 aliphatic carbocycles. The number of nitrogens with zero attached hydrogens (tertiary/aromatic N) is 3. The van der Waals surface area contributed by atoms with E-state index in [9.17, 15) is 4.79 Å². The van der Waals surface area contributed by atoms with E-state index < -0.39 is 0 Å². The van der Waals surface area contributed by atoms with Crippen LogP contribution in [-0.4, -0.2) is 92.3 Å². The quantitative estimate of drug-likeness (QED) is 0.817. The third-order valence-electron chi connectivity index (χ3n) is 5.22. The Bertz CT molecular complexity index is 346. The predicted molar refractivity (Wildman–Crippen MR) is 88.2 cm³/mol. The number of likely N-dealkylation sites (tertiary alicyclic amines) is 1. The van der Waals surface area contributed by atoms with Crippen molar-refractivity contribution in [3.05, 3.63) is 0 Å². The zero-order valence-electron chi connectivity index (χ0n) is 14.4. The minimum Gasteiger partial charge on any atom is -0.379 e. The molecule has 0 unspecified atom stereocenters. The minimum absolute atomic E-state index is 0.0663. The van der Waals surface area contributed by atoms with Crippen LogP contribution in [0.3, 0.4) is 0 Å². The summed E-state index contributed by atoms with van der Waals surface area (Å²) in [4.78, 5) is 19.1. The van der Waals surface area contributed by atoms with E-state index in [0.29, 0.717) is 0 Å². The molecule has 0 saturated carbocycles. The van der Waals surface area contributed by atoms with Crippen LogP contribution < -0.4 is 5.32 Å². The van der Waals surface area contributed by atoms with Gasteiger partial charge < -0.3 is 19.9 Å². The standard InChI is InChI=1S/C16H32N4O2/c1-4-19(5-2)15(21)17-14-16(6-8-18(3)9-7-16)20-10-12-22-13-11-20/h4-14H2,1-3H3,(H,17,21). The first-order valence-corrected chi connectivity index (χ1v) is 8.65. The lowest BCUT2D eigenvalue weighted by Crippen LogP contribution is -2.63. The summed E-state index contributed by atoms with van der Waals surface area (Å²) in [6.45, 7) is 12.1.